The molecule has 1 aromatic carbocycles. The average molecular weight is 443 g/mol. The van der Waals surface area contributed by atoms with E-state index in [4.69, 9.17) is 0 Å². The molecule has 31 heavy (non-hydrogen) atoms. The lowest BCUT2D eigenvalue weighted by Crippen LogP contribution is -2.35. The van der Waals surface area contributed by atoms with Crippen molar-refractivity contribution in [1.82, 2.24) is 9.88 Å². The van der Waals surface area contributed by atoms with Crippen molar-refractivity contribution in [2.45, 2.75) is 38.1 Å². The van der Waals surface area contributed by atoms with Gasteiger partial charge in [-0.3, -0.25) is 19.2 Å². The van der Waals surface area contributed by atoms with E-state index in [1.165, 1.54) is 25.5 Å². The van der Waals surface area contributed by atoms with E-state index in [1.807, 2.05) is 7.05 Å². The zero-order valence-electron chi connectivity index (χ0n) is 17.5. The molecule has 0 radical (unpaired) electrons. The fourth-order valence-corrected chi connectivity index (χ4v) is 5.20. The molecule has 1 aliphatic carbocycles. The molecule has 2 aliphatic rings. The zero-order chi connectivity index (χ0) is 22.0. The number of fused-ring (bicyclic) bond motifs is 1. The van der Waals surface area contributed by atoms with Gasteiger partial charge in [0.05, 0.1) is 28.8 Å². The van der Waals surface area contributed by atoms with Gasteiger partial charge < -0.3 is 4.90 Å². The van der Waals surface area contributed by atoms with Gasteiger partial charge in [-0.05, 0) is 37.1 Å². The predicted octanol–water partition coefficient (Wildman–Crippen LogP) is 2.89. The smallest absolute Gasteiger partial charge is 0.261 e. The third kappa shape index (κ3) is 4.56. The van der Waals surface area contributed by atoms with E-state index >= 15 is 0 Å². The van der Waals surface area contributed by atoms with Crippen LogP contribution < -0.4 is 9.62 Å². The molecule has 1 aliphatic heterocycles. The second-order valence-corrected chi connectivity index (χ2v) is 9.88. The van der Waals surface area contributed by atoms with Crippen molar-refractivity contribution in [3.8, 4) is 0 Å². The molecule has 9 heteroatoms. The van der Waals surface area contributed by atoms with E-state index in [1.54, 1.807) is 36.4 Å². The van der Waals surface area contributed by atoms with Gasteiger partial charge in [0, 0.05) is 19.6 Å². The minimum Gasteiger partial charge on any atom is -0.357 e. The maximum Gasteiger partial charge on any atom is 0.261 e. The fourth-order valence-electron chi connectivity index (χ4n) is 4.19. The fraction of sp³-hybridized carbons (Fsp3) is 0.409. The quantitative estimate of drug-likeness (QED) is 0.662. The Kier molecular flexibility index (Phi) is 5.95. The highest BCUT2D eigenvalue weighted by Gasteiger charge is 2.35. The molecule has 164 valence electrons. The van der Waals surface area contributed by atoms with Gasteiger partial charge in [-0.1, -0.05) is 31.4 Å². The molecule has 4 rings (SSSR count). The second kappa shape index (κ2) is 8.66. The molecule has 0 atom stereocenters. The molecule has 0 bridgehead atoms. The lowest BCUT2D eigenvalue weighted by Gasteiger charge is -2.32. The van der Waals surface area contributed by atoms with Crippen molar-refractivity contribution in [2.24, 2.45) is 0 Å². The first-order chi connectivity index (χ1) is 14.9. The van der Waals surface area contributed by atoms with E-state index in [0.717, 1.165) is 23.6 Å². The maximum absolute atomic E-state index is 12.5. The number of carbonyl (C=O) groups is 2. The summed E-state index contributed by atoms with van der Waals surface area (Å²) in [5.41, 5.74) is 0.961. The van der Waals surface area contributed by atoms with E-state index in [9.17, 15) is 18.0 Å². The molecule has 1 fully saturated rings. The largest absolute Gasteiger partial charge is 0.357 e. The summed E-state index contributed by atoms with van der Waals surface area (Å²) in [6.07, 6.45) is 7.50. The van der Waals surface area contributed by atoms with Gasteiger partial charge in [0.2, 0.25) is 10.0 Å². The maximum atomic E-state index is 12.5. The van der Waals surface area contributed by atoms with Crippen LogP contribution in [0, 0.1) is 0 Å². The SMILES string of the molecule is CN(c1ccc(NS(=O)(=O)CCN2C(=O)c3ccccc3C2=O)cn1)C1CCCCC1. The number of imide groups is 1. The van der Waals surface area contributed by atoms with Gasteiger partial charge in [0.1, 0.15) is 5.82 Å². The van der Waals surface area contributed by atoms with Gasteiger partial charge in [0.15, 0.2) is 0 Å². The number of carbonyl (C=O) groups excluding carboxylic acids is 2. The van der Waals surface area contributed by atoms with Gasteiger partial charge in [-0.25, -0.2) is 13.4 Å². The van der Waals surface area contributed by atoms with Crippen LogP contribution in [0.1, 0.15) is 52.8 Å². The summed E-state index contributed by atoms with van der Waals surface area (Å²) >= 11 is 0. The van der Waals surface area contributed by atoms with Gasteiger partial charge in [-0.2, -0.15) is 0 Å². The highest BCUT2D eigenvalue weighted by Crippen LogP contribution is 2.26. The van der Waals surface area contributed by atoms with E-state index in [2.05, 4.69) is 14.6 Å². The number of anilines is 2. The summed E-state index contributed by atoms with van der Waals surface area (Å²) < 4.78 is 27.5. The van der Waals surface area contributed by atoms with Crippen LogP contribution in [0.15, 0.2) is 42.6 Å². The predicted molar refractivity (Wildman–Crippen MR) is 119 cm³/mol. The van der Waals surface area contributed by atoms with Crippen molar-refractivity contribution in [3.63, 3.8) is 0 Å². The Bertz CT molecular complexity index is 1040. The number of rotatable bonds is 7. The Morgan fingerprint density at radius 3 is 2.26 bits per heavy atom. The van der Waals surface area contributed by atoms with Crippen LogP contribution in [-0.4, -0.2) is 55.5 Å². The molecule has 2 heterocycles. The summed E-state index contributed by atoms with van der Waals surface area (Å²) in [5, 5.41) is 0. The van der Waals surface area contributed by atoms with Crippen LogP contribution in [0.3, 0.4) is 0 Å². The summed E-state index contributed by atoms with van der Waals surface area (Å²) in [4.78, 5) is 32.3. The zero-order valence-corrected chi connectivity index (χ0v) is 18.3. The molecular formula is C22H26N4O4S. The van der Waals surface area contributed by atoms with Gasteiger partial charge >= 0.3 is 0 Å². The first-order valence-corrected chi connectivity index (χ1v) is 12.2. The van der Waals surface area contributed by atoms with Crippen LogP contribution in [0.25, 0.3) is 0 Å². The number of sulfonamides is 1. The number of aromatic nitrogens is 1. The minimum atomic E-state index is -3.76. The molecule has 8 nitrogen and oxygen atoms in total. The summed E-state index contributed by atoms with van der Waals surface area (Å²) in [6.45, 7) is -0.211. The van der Waals surface area contributed by atoms with E-state index in [-0.39, 0.29) is 12.3 Å². The number of hydrogen-bond acceptors (Lipinski definition) is 6. The van der Waals surface area contributed by atoms with Gasteiger partial charge in [-0.15, -0.1) is 0 Å². The highest BCUT2D eigenvalue weighted by molar-refractivity contribution is 7.92. The molecule has 0 saturated heterocycles. The first kappa shape index (κ1) is 21.3. The van der Waals surface area contributed by atoms with Crippen molar-refractivity contribution in [2.75, 3.05) is 29.0 Å². The lowest BCUT2D eigenvalue weighted by molar-refractivity contribution is 0.0664. The van der Waals surface area contributed by atoms with Crippen LogP contribution >= 0.6 is 0 Å². The van der Waals surface area contributed by atoms with Crippen molar-refractivity contribution in [1.29, 1.82) is 0 Å². The lowest BCUT2D eigenvalue weighted by atomic mass is 9.94. The molecule has 0 unspecified atom stereocenters. The molecular weight excluding hydrogens is 416 g/mol. The number of amides is 2. The Balaban J connectivity index is 1.36. The highest BCUT2D eigenvalue weighted by atomic mass is 32.2. The summed E-state index contributed by atoms with van der Waals surface area (Å²) in [5.74, 6) is -0.511. The van der Waals surface area contributed by atoms with E-state index in [0.29, 0.717) is 22.9 Å². The molecule has 1 aromatic heterocycles. The number of nitrogens with zero attached hydrogens (tertiary/aromatic N) is 3. The normalized spacial score (nSPS) is 17.0. The Morgan fingerprint density at radius 1 is 1.03 bits per heavy atom. The third-order valence-corrected chi connectivity index (χ3v) is 7.23. The summed E-state index contributed by atoms with van der Waals surface area (Å²) in [7, 11) is -1.74. The average Bonchev–Trinajstić information content (AvgIpc) is 3.03. The van der Waals surface area contributed by atoms with Crippen LogP contribution in [0.4, 0.5) is 11.5 Å². The second-order valence-electron chi connectivity index (χ2n) is 8.04. The van der Waals surface area contributed by atoms with Gasteiger partial charge in [0.25, 0.3) is 11.8 Å². The number of pyridine rings is 1. The Labute approximate surface area is 182 Å². The van der Waals surface area contributed by atoms with Crippen LogP contribution in [0.5, 0.6) is 0 Å². The third-order valence-electron chi connectivity index (χ3n) is 5.97. The first-order valence-electron chi connectivity index (χ1n) is 10.5. The standard InChI is InChI=1S/C22H26N4O4S/c1-25(17-7-3-2-4-8-17)20-12-11-16(15-23-20)24-31(29,30)14-13-26-21(27)18-9-5-6-10-19(18)22(26)28/h5-6,9-12,15,17,24H,2-4,7-8,13-14H2,1H3. The molecule has 2 amide bonds. The molecule has 0 spiro atoms. The monoisotopic (exact) mass is 442 g/mol. The Hall–Kier alpha value is -2.94. The Morgan fingerprint density at radius 2 is 1.68 bits per heavy atom. The van der Waals surface area contributed by atoms with Crippen LogP contribution in [-0.2, 0) is 10.0 Å². The number of hydrogen-bond donors (Lipinski definition) is 1. The summed E-state index contributed by atoms with van der Waals surface area (Å²) in [6, 6.07) is 10.4. The number of nitrogens with one attached hydrogen (secondary N) is 1. The van der Waals surface area contributed by atoms with E-state index < -0.39 is 21.8 Å². The van der Waals surface area contributed by atoms with Crippen molar-refractivity contribution < 1.29 is 18.0 Å². The van der Waals surface area contributed by atoms with Crippen molar-refractivity contribution in [3.05, 3.63) is 53.7 Å². The molecule has 2 aromatic rings. The topological polar surface area (TPSA) is 99.7 Å². The van der Waals surface area contributed by atoms with Crippen LogP contribution in [0.2, 0.25) is 0 Å². The molecule has 1 N–H and O–H groups in total. The molecule has 1 saturated carbocycles. The number of benzene rings is 1. The van der Waals surface area contributed by atoms with Crippen molar-refractivity contribution >= 4 is 33.3 Å². The minimum absolute atomic E-state index is 0.211.